The number of hydrogen-bond acceptors (Lipinski definition) is 3. The van der Waals surface area contributed by atoms with Gasteiger partial charge in [-0.25, -0.2) is 4.68 Å². The summed E-state index contributed by atoms with van der Waals surface area (Å²) in [7, 11) is 2.17. The summed E-state index contributed by atoms with van der Waals surface area (Å²) in [4.78, 5) is 2.35. The highest BCUT2D eigenvalue weighted by Crippen LogP contribution is 2.33. The van der Waals surface area contributed by atoms with Crippen LogP contribution in [0.5, 0.6) is 5.75 Å². The first-order valence-electron chi connectivity index (χ1n) is 7.82. The smallest absolute Gasteiger partial charge is 0.176 e. The highest BCUT2D eigenvalue weighted by molar-refractivity contribution is 6.31. The lowest BCUT2D eigenvalue weighted by Gasteiger charge is -2.29. The summed E-state index contributed by atoms with van der Waals surface area (Å²) in [6.45, 7) is 2.22. The molecule has 1 aliphatic carbocycles. The summed E-state index contributed by atoms with van der Waals surface area (Å²) in [5, 5.41) is 5.16. The predicted molar refractivity (Wildman–Crippen MR) is 80.5 cm³/mol. The largest absolute Gasteiger partial charge is 0.486 e. The summed E-state index contributed by atoms with van der Waals surface area (Å²) in [6, 6.07) is 0.419. The molecule has 2 aliphatic rings. The van der Waals surface area contributed by atoms with E-state index in [9.17, 15) is 0 Å². The van der Waals surface area contributed by atoms with E-state index in [0.717, 1.165) is 44.5 Å². The van der Waals surface area contributed by atoms with Crippen molar-refractivity contribution in [3.63, 3.8) is 0 Å². The molecule has 0 radical (unpaired) electrons. The van der Waals surface area contributed by atoms with Crippen LogP contribution in [0.3, 0.4) is 0 Å². The van der Waals surface area contributed by atoms with Crippen LogP contribution in [0.4, 0.5) is 0 Å². The van der Waals surface area contributed by atoms with Crippen molar-refractivity contribution in [2.45, 2.75) is 57.1 Å². The van der Waals surface area contributed by atoms with E-state index < -0.39 is 0 Å². The van der Waals surface area contributed by atoms with Crippen LogP contribution in [0.2, 0.25) is 5.15 Å². The molecule has 20 heavy (non-hydrogen) atoms. The quantitative estimate of drug-likeness (QED) is 0.855. The van der Waals surface area contributed by atoms with Gasteiger partial charge in [0.25, 0.3) is 0 Å². The highest BCUT2D eigenvalue weighted by Gasteiger charge is 2.24. The van der Waals surface area contributed by atoms with E-state index in [1.54, 1.807) is 6.20 Å². The first-order chi connectivity index (χ1) is 9.74. The summed E-state index contributed by atoms with van der Waals surface area (Å²) >= 11 is 6.48. The molecule has 1 aromatic heterocycles. The zero-order valence-electron chi connectivity index (χ0n) is 12.2. The SMILES string of the molecule is CN1CCC(n2ncc(OC3CCCCC3)c2Cl)CC1. The van der Waals surface area contributed by atoms with Crippen molar-refractivity contribution >= 4 is 11.6 Å². The maximum absolute atomic E-state index is 6.48. The van der Waals surface area contributed by atoms with Crippen molar-refractivity contribution in [2.75, 3.05) is 20.1 Å². The molecule has 2 fully saturated rings. The third-order valence-corrected chi connectivity index (χ3v) is 4.94. The van der Waals surface area contributed by atoms with E-state index in [4.69, 9.17) is 16.3 Å². The predicted octanol–water partition coefficient (Wildman–Crippen LogP) is 3.51. The number of halogens is 1. The van der Waals surface area contributed by atoms with Gasteiger partial charge in [-0.2, -0.15) is 5.10 Å². The molecule has 0 aromatic carbocycles. The minimum Gasteiger partial charge on any atom is -0.486 e. The van der Waals surface area contributed by atoms with Gasteiger partial charge in [0.15, 0.2) is 10.9 Å². The van der Waals surface area contributed by atoms with E-state index in [2.05, 4.69) is 17.0 Å². The van der Waals surface area contributed by atoms with Gasteiger partial charge in [-0.1, -0.05) is 18.0 Å². The van der Waals surface area contributed by atoms with Gasteiger partial charge in [-0.3, -0.25) is 0 Å². The second-order valence-electron chi connectivity index (χ2n) is 6.16. The molecule has 0 spiro atoms. The van der Waals surface area contributed by atoms with Crippen molar-refractivity contribution in [1.82, 2.24) is 14.7 Å². The van der Waals surface area contributed by atoms with Crippen LogP contribution in [-0.2, 0) is 0 Å². The molecule has 3 rings (SSSR count). The lowest BCUT2D eigenvalue weighted by molar-refractivity contribution is 0.154. The second kappa shape index (κ2) is 6.35. The van der Waals surface area contributed by atoms with Crippen molar-refractivity contribution in [2.24, 2.45) is 0 Å². The van der Waals surface area contributed by atoms with Crippen LogP contribution in [0.25, 0.3) is 0 Å². The minimum absolute atomic E-state index is 0.330. The zero-order valence-corrected chi connectivity index (χ0v) is 13.0. The first-order valence-corrected chi connectivity index (χ1v) is 8.20. The van der Waals surface area contributed by atoms with Crippen LogP contribution in [-0.4, -0.2) is 40.9 Å². The Labute approximate surface area is 126 Å². The molecule has 0 unspecified atom stereocenters. The normalized spacial score (nSPS) is 23.1. The maximum Gasteiger partial charge on any atom is 0.176 e. The minimum atomic E-state index is 0.330. The Morgan fingerprint density at radius 1 is 1.15 bits per heavy atom. The number of rotatable bonds is 3. The van der Waals surface area contributed by atoms with Crippen molar-refractivity contribution in [3.8, 4) is 5.75 Å². The number of piperidine rings is 1. The zero-order chi connectivity index (χ0) is 13.9. The Morgan fingerprint density at radius 3 is 2.55 bits per heavy atom. The van der Waals surface area contributed by atoms with Gasteiger partial charge >= 0.3 is 0 Å². The van der Waals surface area contributed by atoms with Gasteiger partial charge in [0.05, 0.1) is 18.3 Å². The van der Waals surface area contributed by atoms with Crippen LogP contribution >= 0.6 is 11.6 Å². The fourth-order valence-electron chi connectivity index (χ4n) is 3.27. The molecular formula is C15H24ClN3O. The molecule has 0 amide bonds. The van der Waals surface area contributed by atoms with Crippen molar-refractivity contribution in [3.05, 3.63) is 11.3 Å². The van der Waals surface area contributed by atoms with E-state index >= 15 is 0 Å². The molecule has 1 aliphatic heterocycles. The van der Waals surface area contributed by atoms with Gasteiger partial charge in [0.1, 0.15) is 0 Å². The average Bonchev–Trinajstić information content (AvgIpc) is 2.83. The average molecular weight is 298 g/mol. The molecular weight excluding hydrogens is 274 g/mol. The first kappa shape index (κ1) is 14.2. The Kier molecular flexibility index (Phi) is 4.51. The molecule has 0 bridgehead atoms. The third-order valence-electron chi connectivity index (χ3n) is 4.58. The topological polar surface area (TPSA) is 30.3 Å². The fourth-order valence-corrected chi connectivity index (χ4v) is 3.54. The lowest BCUT2D eigenvalue weighted by Crippen LogP contribution is -2.31. The number of hydrogen-bond donors (Lipinski definition) is 0. The van der Waals surface area contributed by atoms with E-state index in [1.807, 2.05) is 4.68 Å². The maximum atomic E-state index is 6.48. The van der Waals surface area contributed by atoms with Crippen LogP contribution in [0.15, 0.2) is 6.20 Å². The Morgan fingerprint density at radius 2 is 1.85 bits per heavy atom. The standard InChI is InChI=1S/C15H24ClN3O/c1-18-9-7-12(8-10-18)19-15(16)14(11-17-19)20-13-5-3-2-4-6-13/h11-13H,2-10H2,1H3. The Bertz CT molecular complexity index is 434. The molecule has 4 nitrogen and oxygen atoms in total. The van der Waals surface area contributed by atoms with Crippen LogP contribution in [0.1, 0.15) is 51.0 Å². The molecule has 0 N–H and O–H groups in total. The number of likely N-dealkylation sites (tertiary alicyclic amines) is 1. The molecule has 1 aromatic rings. The number of aromatic nitrogens is 2. The third kappa shape index (κ3) is 3.12. The van der Waals surface area contributed by atoms with E-state index in [0.29, 0.717) is 17.3 Å². The summed E-state index contributed by atoms with van der Waals surface area (Å²) < 4.78 is 8.02. The van der Waals surface area contributed by atoms with Gasteiger partial charge < -0.3 is 9.64 Å². The fraction of sp³-hybridized carbons (Fsp3) is 0.800. The monoisotopic (exact) mass is 297 g/mol. The lowest BCUT2D eigenvalue weighted by atomic mass is 9.98. The molecule has 0 atom stereocenters. The van der Waals surface area contributed by atoms with Crippen molar-refractivity contribution in [1.29, 1.82) is 0 Å². The second-order valence-corrected chi connectivity index (χ2v) is 6.51. The molecule has 112 valence electrons. The molecule has 2 heterocycles. The van der Waals surface area contributed by atoms with Gasteiger partial charge in [0.2, 0.25) is 0 Å². The molecule has 5 heteroatoms. The van der Waals surface area contributed by atoms with Crippen LogP contribution < -0.4 is 4.74 Å². The van der Waals surface area contributed by atoms with Gasteiger partial charge in [0, 0.05) is 0 Å². The highest BCUT2D eigenvalue weighted by atomic mass is 35.5. The summed E-state index contributed by atoms with van der Waals surface area (Å²) in [5.41, 5.74) is 0. The van der Waals surface area contributed by atoms with Gasteiger partial charge in [-0.05, 0) is 58.7 Å². The van der Waals surface area contributed by atoms with Gasteiger partial charge in [-0.15, -0.1) is 0 Å². The summed E-state index contributed by atoms with van der Waals surface area (Å²) in [5.74, 6) is 0.775. The number of ether oxygens (including phenoxy) is 1. The molecule has 1 saturated carbocycles. The van der Waals surface area contributed by atoms with Crippen LogP contribution in [0, 0.1) is 0 Å². The summed E-state index contributed by atoms with van der Waals surface area (Å²) in [6.07, 6.45) is 10.5. The molecule has 1 saturated heterocycles. The Balaban J connectivity index is 1.65. The Hall–Kier alpha value is -0.740. The van der Waals surface area contributed by atoms with E-state index in [1.165, 1.54) is 19.3 Å². The number of nitrogens with zero attached hydrogens (tertiary/aromatic N) is 3. The van der Waals surface area contributed by atoms with Crippen molar-refractivity contribution < 1.29 is 4.74 Å². The van der Waals surface area contributed by atoms with E-state index in [-0.39, 0.29) is 0 Å².